The summed E-state index contributed by atoms with van der Waals surface area (Å²) in [5.41, 5.74) is 2.56. The highest BCUT2D eigenvalue weighted by Gasteiger charge is 2.17. The third-order valence-electron chi connectivity index (χ3n) is 2.63. The Labute approximate surface area is 91.1 Å². The van der Waals surface area contributed by atoms with E-state index in [-0.39, 0.29) is 0 Å². The average molecular weight is 200 g/mol. The van der Waals surface area contributed by atoms with Gasteiger partial charge < -0.3 is 4.74 Å². The minimum absolute atomic E-state index is 0.985. The first-order valence-electron chi connectivity index (χ1n) is 5.46. The second-order valence-corrected chi connectivity index (χ2v) is 3.68. The van der Waals surface area contributed by atoms with Crippen molar-refractivity contribution in [1.29, 1.82) is 0 Å². The summed E-state index contributed by atoms with van der Waals surface area (Å²) < 4.78 is 5.87. The summed E-state index contributed by atoms with van der Waals surface area (Å²) in [6, 6.07) is 8.24. The molecule has 0 N–H and O–H groups in total. The van der Waals surface area contributed by atoms with E-state index in [0.29, 0.717) is 0 Å². The van der Waals surface area contributed by atoms with Crippen LogP contribution in [0.2, 0.25) is 0 Å². The summed E-state index contributed by atoms with van der Waals surface area (Å²) in [6.07, 6.45) is 6.27. The zero-order valence-electron chi connectivity index (χ0n) is 9.29. The summed E-state index contributed by atoms with van der Waals surface area (Å²) in [4.78, 5) is 0. The van der Waals surface area contributed by atoms with E-state index in [4.69, 9.17) is 4.74 Å². The van der Waals surface area contributed by atoms with Crippen LogP contribution in [0.15, 0.2) is 47.7 Å². The molecule has 0 aromatic heterocycles. The maximum absolute atomic E-state index is 5.87. The molecule has 0 radical (unpaired) electrons. The molecule has 78 valence electrons. The summed E-state index contributed by atoms with van der Waals surface area (Å²) >= 11 is 0. The molecule has 1 heterocycles. The molecule has 0 unspecified atom stereocenters. The molecule has 1 aromatic rings. The van der Waals surface area contributed by atoms with Crippen molar-refractivity contribution in [3.8, 4) is 5.75 Å². The van der Waals surface area contributed by atoms with Gasteiger partial charge in [-0.25, -0.2) is 0 Å². The van der Waals surface area contributed by atoms with Gasteiger partial charge in [0.05, 0.1) is 0 Å². The van der Waals surface area contributed by atoms with Crippen LogP contribution in [-0.4, -0.2) is 0 Å². The minimum atomic E-state index is 0.985. The van der Waals surface area contributed by atoms with Gasteiger partial charge in [-0.3, -0.25) is 0 Å². The largest absolute Gasteiger partial charge is 0.457 e. The zero-order valence-corrected chi connectivity index (χ0v) is 9.29. The normalized spacial score (nSPS) is 20.1. The van der Waals surface area contributed by atoms with E-state index < -0.39 is 0 Å². The van der Waals surface area contributed by atoms with Gasteiger partial charge in [0.1, 0.15) is 11.5 Å². The lowest BCUT2D eigenvalue weighted by Gasteiger charge is -2.22. The summed E-state index contributed by atoms with van der Waals surface area (Å²) in [7, 11) is 0. The van der Waals surface area contributed by atoms with E-state index >= 15 is 0 Å². The summed E-state index contributed by atoms with van der Waals surface area (Å²) in [5.74, 6) is 2.03. The Morgan fingerprint density at radius 3 is 2.87 bits per heavy atom. The molecule has 1 heteroatoms. The zero-order chi connectivity index (χ0) is 10.7. The third-order valence-corrected chi connectivity index (χ3v) is 2.63. The first-order chi connectivity index (χ1) is 7.35. The minimum Gasteiger partial charge on any atom is -0.457 e. The molecule has 0 aliphatic carbocycles. The van der Waals surface area contributed by atoms with Crippen LogP contribution in [0.4, 0.5) is 0 Å². The van der Waals surface area contributed by atoms with Gasteiger partial charge in [-0.05, 0) is 36.6 Å². The Hall–Kier alpha value is -1.50. The molecular formula is C14H16O. The number of hydrogen-bond donors (Lipinski definition) is 0. The Balaban J connectivity index is 2.40. The van der Waals surface area contributed by atoms with E-state index in [1.54, 1.807) is 0 Å². The van der Waals surface area contributed by atoms with Gasteiger partial charge in [0.15, 0.2) is 0 Å². The molecule has 0 amide bonds. The fourth-order valence-corrected chi connectivity index (χ4v) is 1.83. The van der Waals surface area contributed by atoms with Crippen molar-refractivity contribution >= 4 is 0 Å². The van der Waals surface area contributed by atoms with Crippen molar-refractivity contribution in [3.63, 3.8) is 0 Å². The third kappa shape index (κ3) is 1.96. The van der Waals surface area contributed by atoms with Crippen molar-refractivity contribution in [2.24, 2.45) is 0 Å². The van der Waals surface area contributed by atoms with Crippen molar-refractivity contribution in [3.05, 3.63) is 53.3 Å². The van der Waals surface area contributed by atoms with Crippen LogP contribution >= 0.6 is 0 Å². The first kappa shape index (κ1) is 10.0. The molecule has 15 heavy (non-hydrogen) atoms. The summed E-state index contributed by atoms with van der Waals surface area (Å²) in [6.45, 7) is 4.19. The van der Waals surface area contributed by atoms with E-state index in [2.05, 4.69) is 38.1 Å². The second-order valence-electron chi connectivity index (χ2n) is 3.68. The Morgan fingerprint density at radius 2 is 2.13 bits per heavy atom. The number of para-hydroxylation sites is 1. The average Bonchev–Trinajstić information content (AvgIpc) is 2.28. The maximum Gasteiger partial charge on any atom is 0.130 e. The SMILES string of the molecule is C/C=C1/Cc2ccccc2O/C1=C/CC. The molecule has 1 aliphatic heterocycles. The van der Waals surface area contributed by atoms with Gasteiger partial charge in [0, 0.05) is 6.42 Å². The van der Waals surface area contributed by atoms with Crippen LogP contribution in [0.3, 0.4) is 0 Å². The Morgan fingerprint density at radius 1 is 1.33 bits per heavy atom. The van der Waals surface area contributed by atoms with E-state index in [1.807, 2.05) is 12.1 Å². The summed E-state index contributed by atoms with van der Waals surface area (Å²) in [5, 5.41) is 0. The highest BCUT2D eigenvalue weighted by atomic mass is 16.5. The number of allylic oxidation sites excluding steroid dienone is 3. The number of rotatable bonds is 1. The molecule has 0 atom stereocenters. The van der Waals surface area contributed by atoms with Crippen LogP contribution in [0, 0.1) is 0 Å². The van der Waals surface area contributed by atoms with E-state index in [1.165, 1.54) is 11.1 Å². The molecule has 2 rings (SSSR count). The molecular weight excluding hydrogens is 184 g/mol. The second kappa shape index (κ2) is 4.35. The molecule has 1 aliphatic rings. The number of fused-ring (bicyclic) bond motifs is 1. The van der Waals surface area contributed by atoms with Crippen LogP contribution in [0.1, 0.15) is 25.8 Å². The molecule has 0 spiro atoms. The lowest BCUT2D eigenvalue weighted by Crippen LogP contribution is -2.10. The quantitative estimate of drug-likeness (QED) is 0.668. The molecule has 0 saturated carbocycles. The standard InChI is InChI=1S/C14H16O/c1-3-7-13-11(4-2)10-12-8-5-6-9-14(12)15-13/h4-9H,3,10H2,1-2H3/b11-4-,13-7+. The fraction of sp³-hybridized carbons (Fsp3) is 0.286. The highest BCUT2D eigenvalue weighted by Crippen LogP contribution is 2.32. The molecule has 0 bridgehead atoms. The van der Waals surface area contributed by atoms with Crippen molar-refractivity contribution in [2.45, 2.75) is 26.7 Å². The monoisotopic (exact) mass is 200 g/mol. The van der Waals surface area contributed by atoms with Crippen LogP contribution in [-0.2, 0) is 6.42 Å². The van der Waals surface area contributed by atoms with Gasteiger partial charge in [0.2, 0.25) is 0 Å². The van der Waals surface area contributed by atoms with E-state index in [0.717, 1.165) is 24.4 Å². The van der Waals surface area contributed by atoms with Crippen molar-refractivity contribution < 1.29 is 4.74 Å². The van der Waals surface area contributed by atoms with Crippen molar-refractivity contribution in [2.75, 3.05) is 0 Å². The topological polar surface area (TPSA) is 9.23 Å². The number of ether oxygens (including phenoxy) is 1. The molecule has 1 aromatic carbocycles. The van der Waals surface area contributed by atoms with Crippen LogP contribution in [0.25, 0.3) is 0 Å². The number of benzene rings is 1. The molecule has 1 nitrogen and oxygen atoms in total. The predicted molar refractivity (Wildman–Crippen MR) is 62.9 cm³/mol. The number of hydrogen-bond acceptors (Lipinski definition) is 1. The van der Waals surface area contributed by atoms with Crippen molar-refractivity contribution in [1.82, 2.24) is 0 Å². The smallest absolute Gasteiger partial charge is 0.130 e. The van der Waals surface area contributed by atoms with Gasteiger partial charge in [-0.1, -0.05) is 31.2 Å². The van der Waals surface area contributed by atoms with Gasteiger partial charge in [0.25, 0.3) is 0 Å². The van der Waals surface area contributed by atoms with Crippen LogP contribution in [0.5, 0.6) is 5.75 Å². The lowest BCUT2D eigenvalue weighted by atomic mass is 9.99. The molecule has 0 saturated heterocycles. The highest BCUT2D eigenvalue weighted by molar-refractivity contribution is 5.46. The van der Waals surface area contributed by atoms with Crippen LogP contribution < -0.4 is 4.74 Å². The van der Waals surface area contributed by atoms with Gasteiger partial charge >= 0.3 is 0 Å². The first-order valence-corrected chi connectivity index (χ1v) is 5.46. The Kier molecular flexibility index (Phi) is 2.91. The fourth-order valence-electron chi connectivity index (χ4n) is 1.83. The predicted octanol–water partition coefficient (Wildman–Crippen LogP) is 3.86. The Bertz CT molecular complexity index is 413. The van der Waals surface area contributed by atoms with E-state index in [9.17, 15) is 0 Å². The van der Waals surface area contributed by atoms with Gasteiger partial charge in [-0.15, -0.1) is 0 Å². The maximum atomic E-state index is 5.87. The van der Waals surface area contributed by atoms with Gasteiger partial charge in [-0.2, -0.15) is 0 Å². The lowest BCUT2D eigenvalue weighted by molar-refractivity contribution is 0.412. The molecule has 0 fully saturated rings.